The number of hydrogen-bond donors (Lipinski definition) is 1. The van der Waals surface area contributed by atoms with Crippen LogP contribution in [0.3, 0.4) is 0 Å². The number of amidine groups is 1. The molecule has 2 rings (SSSR count). The lowest BCUT2D eigenvalue weighted by atomic mass is 10.2. The second kappa shape index (κ2) is 6.91. The molecule has 0 saturated carbocycles. The summed E-state index contributed by atoms with van der Waals surface area (Å²) in [4.78, 5) is 0.0270. The average Bonchev–Trinajstić information content (AvgIpc) is 2.67. The van der Waals surface area contributed by atoms with E-state index in [2.05, 4.69) is 9.82 Å². The number of nitrogens with zero attached hydrogens (tertiary/aromatic N) is 2. The Hall–Kier alpha value is -1.60. The smallest absolute Gasteiger partial charge is 0.283 e. The van der Waals surface area contributed by atoms with Gasteiger partial charge in [0.2, 0.25) is 0 Å². The van der Waals surface area contributed by atoms with Crippen LogP contribution in [0.15, 0.2) is 33.6 Å². The lowest BCUT2D eigenvalue weighted by Crippen LogP contribution is -2.48. The van der Waals surface area contributed by atoms with E-state index in [-0.39, 0.29) is 4.90 Å². The fourth-order valence-corrected chi connectivity index (χ4v) is 3.05. The number of nitrogens with one attached hydrogen (secondary N) is 1. The van der Waals surface area contributed by atoms with Gasteiger partial charge in [-0.1, -0.05) is 30.5 Å². The summed E-state index contributed by atoms with van der Waals surface area (Å²) < 4.78 is 27.3. The predicted molar refractivity (Wildman–Crippen MR) is 79.0 cm³/mol. The second-order valence-corrected chi connectivity index (χ2v) is 6.80. The normalized spacial score (nSPS) is 18.2. The zero-order valence-electron chi connectivity index (χ0n) is 12.1. The molecule has 21 heavy (non-hydrogen) atoms. The molecule has 1 aromatic carbocycles. The van der Waals surface area contributed by atoms with Crippen LogP contribution in [0.1, 0.15) is 31.2 Å². The van der Waals surface area contributed by atoms with Crippen LogP contribution < -0.4 is 10.5 Å². The Bertz CT molecular complexity index is 588. The second-order valence-electron chi connectivity index (χ2n) is 5.20. The maximum atomic E-state index is 12.0. The predicted octanol–water partition coefficient (Wildman–Crippen LogP) is 0.781. The Kier molecular flexibility index (Phi) is 5.19. The molecule has 1 fully saturated rings. The molecule has 1 heterocycles. The van der Waals surface area contributed by atoms with Crippen molar-refractivity contribution < 1.29 is 13.5 Å². The number of benzene rings is 1. The Balaban J connectivity index is 2.07. The zero-order valence-corrected chi connectivity index (χ0v) is 12.9. The molecule has 0 radical (unpaired) electrons. The van der Waals surface area contributed by atoms with Gasteiger partial charge in [-0.15, -0.1) is 0 Å². The first-order chi connectivity index (χ1) is 9.97. The van der Waals surface area contributed by atoms with Gasteiger partial charge in [-0.05, 0) is 31.9 Å². The molecule has 0 unspecified atom stereocenters. The van der Waals surface area contributed by atoms with E-state index in [1.807, 2.05) is 6.92 Å². The monoisotopic (exact) mass is 310 g/mol. The Morgan fingerprint density at radius 3 is 2.29 bits per heavy atom. The van der Waals surface area contributed by atoms with Crippen molar-refractivity contribution in [1.82, 2.24) is 10.4 Å². The molecule has 1 aliphatic heterocycles. The van der Waals surface area contributed by atoms with Crippen LogP contribution >= 0.6 is 0 Å². The molecule has 1 saturated heterocycles. The highest BCUT2D eigenvalue weighted by Crippen LogP contribution is 2.13. The minimum Gasteiger partial charge on any atom is -0.845 e. The van der Waals surface area contributed by atoms with Crippen LogP contribution in [-0.4, -0.2) is 32.5 Å². The van der Waals surface area contributed by atoms with E-state index in [1.54, 1.807) is 17.1 Å². The summed E-state index contributed by atoms with van der Waals surface area (Å²) in [5.74, 6) is 0. The number of aryl methyl sites for hydroxylation is 1. The van der Waals surface area contributed by atoms with Crippen molar-refractivity contribution in [2.24, 2.45) is 4.40 Å². The van der Waals surface area contributed by atoms with Crippen molar-refractivity contribution in [2.45, 2.75) is 37.5 Å². The van der Waals surface area contributed by atoms with E-state index in [9.17, 15) is 13.5 Å². The molecule has 0 bridgehead atoms. The van der Waals surface area contributed by atoms with Crippen molar-refractivity contribution in [1.29, 1.82) is 0 Å². The lowest BCUT2D eigenvalue weighted by molar-refractivity contribution is -0.226. The quantitative estimate of drug-likeness (QED) is 0.659. The molecule has 1 aliphatic rings. The van der Waals surface area contributed by atoms with E-state index in [4.69, 9.17) is 0 Å². The van der Waals surface area contributed by atoms with Crippen molar-refractivity contribution in [3.8, 4) is 0 Å². The summed E-state index contributed by atoms with van der Waals surface area (Å²) in [6.45, 7) is 3.32. The third-order valence-electron chi connectivity index (χ3n) is 3.38. The molecule has 0 spiro atoms. The van der Waals surface area contributed by atoms with Crippen LogP contribution in [0.4, 0.5) is 0 Å². The molecular weight excluding hydrogens is 290 g/mol. The lowest BCUT2D eigenvalue weighted by Gasteiger charge is -2.25. The van der Waals surface area contributed by atoms with E-state index in [0.717, 1.165) is 44.3 Å². The standard InChI is InChI=1S/C14H21N3O3S/c1-12-6-8-13(9-7-12)21(19,20)16-14(18)15-17-10-4-2-3-5-11-17/h6-9H,2-5,10-11H2,1H3,(H2,15,16,18)/p-1. The van der Waals surface area contributed by atoms with Gasteiger partial charge in [0, 0.05) is 13.1 Å². The molecule has 0 amide bonds. The highest BCUT2D eigenvalue weighted by atomic mass is 32.2. The van der Waals surface area contributed by atoms with Crippen molar-refractivity contribution in [2.75, 3.05) is 13.1 Å². The molecule has 1 aromatic rings. The number of sulfonamides is 1. The van der Waals surface area contributed by atoms with Gasteiger partial charge >= 0.3 is 0 Å². The summed E-state index contributed by atoms with van der Waals surface area (Å²) >= 11 is 0. The largest absolute Gasteiger partial charge is 0.845 e. The van der Waals surface area contributed by atoms with E-state index in [1.165, 1.54) is 12.1 Å². The van der Waals surface area contributed by atoms with Crippen LogP contribution in [0.5, 0.6) is 0 Å². The van der Waals surface area contributed by atoms with Gasteiger partial charge in [-0.25, -0.2) is 5.01 Å². The number of rotatable bonds is 3. The van der Waals surface area contributed by atoms with Crippen molar-refractivity contribution >= 4 is 16.0 Å². The molecule has 116 valence electrons. The third-order valence-corrected chi connectivity index (χ3v) is 4.66. The van der Waals surface area contributed by atoms with E-state index < -0.39 is 16.0 Å². The number of hydrazine groups is 1. The fourth-order valence-electron chi connectivity index (χ4n) is 2.21. The van der Waals surface area contributed by atoms with Gasteiger partial charge in [0.1, 0.15) is 0 Å². The Morgan fingerprint density at radius 1 is 1.14 bits per heavy atom. The topological polar surface area (TPSA) is 84.8 Å². The van der Waals surface area contributed by atoms with Gasteiger partial charge in [0.25, 0.3) is 10.0 Å². The van der Waals surface area contributed by atoms with Gasteiger partial charge in [-0.2, -0.15) is 12.8 Å². The zero-order chi connectivity index (χ0) is 15.3. The molecule has 0 aliphatic carbocycles. The fraction of sp³-hybridized carbons (Fsp3) is 0.500. The first-order valence-electron chi connectivity index (χ1n) is 7.08. The van der Waals surface area contributed by atoms with Crippen LogP contribution in [0, 0.1) is 6.92 Å². The molecule has 1 N–H and O–H groups in total. The molecule has 6 nitrogen and oxygen atoms in total. The van der Waals surface area contributed by atoms with Gasteiger partial charge in [-0.3, -0.25) is 0 Å². The average molecular weight is 310 g/mol. The van der Waals surface area contributed by atoms with Crippen LogP contribution in [-0.2, 0) is 10.0 Å². The maximum Gasteiger partial charge on any atom is 0.283 e. The molecule has 0 atom stereocenters. The first-order valence-corrected chi connectivity index (χ1v) is 8.52. The number of hydrogen-bond acceptors (Lipinski definition) is 4. The van der Waals surface area contributed by atoms with Crippen LogP contribution in [0.25, 0.3) is 0 Å². The van der Waals surface area contributed by atoms with Gasteiger partial charge in [0.15, 0.2) is 0 Å². The minimum absolute atomic E-state index is 0.0270. The van der Waals surface area contributed by atoms with Crippen molar-refractivity contribution in [3.05, 3.63) is 29.8 Å². The third kappa shape index (κ3) is 4.71. The molecule has 7 heteroatoms. The first kappa shape index (κ1) is 15.8. The SMILES string of the molecule is Cc1ccc(S(=O)(=O)N=C([O-])NN2CCCCCC2)cc1. The molecule has 0 aromatic heterocycles. The summed E-state index contributed by atoms with van der Waals surface area (Å²) in [6, 6.07) is 5.42. The van der Waals surface area contributed by atoms with Gasteiger partial charge in [0.05, 0.1) is 10.9 Å². The summed E-state index contributed by atoms with van der Waals surface area (Å²) in [7, 11) is -3.95. The molecular formula is C14H20N3O3S-. The Morgan fingerprint density at radius 2 is 1.71 bits per heavy atom. The highest BCUT2D eigenvalue weighted by molar-refractivity contribution is 7.90. The maximum absolute atomic E-state index is 12.0. The van der Waals surface area contributed by atoms with E-state index >= 15 is 0 Å². The van der Waals surface area contributed by atoms with Crippen molar-refractivity contribution in [3.63, 3.8) is 0 Å². The summed E-state index contributed by atoms with van der Waals surface area (Å²) in [5.41, 5.74) is 3.49. The Labute approximate surface area is 125 Å². The van der Waals surface area contributed by atoms with E-state index in [0.29, 0.717) is 0 Å². The van der Waals surface area contributed by atoms with Gasteiger partial charge < -0.3 is 10.5 Å². The highest BCUT2D eigenvalue weighted by Gasteiger charge is 2.13. The minimum atomic E-state index is -3.95. The van der Waals surface area contributed by atoms with Crippen LogP contribution in [0.2, 0.25) is 0 Å². The summed E-state index contributed by atoms with van der Waals surface area (Å²) in [5, 5.41) is 13.5. The summed E-state index contributed by atoms with van der Waals surface area (Å²) in [6.07, 6.45) is 4.24.